The zero-order chi connectivity index (χ0) is 19.2. The van der Waals surface area contributed by atoms with Crippen LogP contribution in [0.1, 0.15) is 29.0 Å². The lowest BCUT2D eigenvalue weighted by atomic mass is 10.1. The van der Waals surface area contributed by atoms with Gasteiger partial charge in [-0.2, -0.15) is 4.68 Å². The minimum atomic E-state index is -0.0283. The SMILES string of the molecule is O=C(NC1CCCNC1)c1ccccc1SCc1nnnn1-c1ccccc1. The Balaban J connectivity index is 1.46. The van der Waals surface area contributed by atoms with Gasteiger partial charge in [-0.1, -0.05) is 30.3 Å². The van der Waals surface area contributed by atoms with Crippen LogP contribution in [0.4, 0.5) is 0 Å². The van der Waals surface area contributed by atoms with Gasteiger partial charge in [0.1, 0.15) is 0 Å². The van der Waals surface area contributed by atoms with E-state index in [1.54, 1.807) is 16.4 Å². The summed E-state index contributed by atoms with van der Waals surface area (Å²) < 4.78 is 1.73. The quantitative estimate of drug-likeness (QED) is 0.625. The number of aromatic nitrogens is 4. The maximum absolute atomic E-state index is 12.8. The molecule has 0 bridgehead atoms. The molecule has 3 aromatic rings. The molecular formula is C20H22N6OS. The van der Waals surface area contributed by atoms with Crippen LogP contribution < -0.4 is 10.6 Å². The van der Waals surface area contributed by atoms with Crippen LogP contribution in [0, 0.1) is 0 Å². The Kier molecular flexibility index (Phi) is 5.98. The largest absolute Gasteiger partial charge is 0.348 e. The number of nitrogens with zero attached hydrogens (tertiary/aromatic N) is 4. The number of thioether (sulfide) groups is 1. The Labute approximate surface area is 167 Å². The topological polar surface area (TPSA) is 84.7 Å². The number of rotatable bonds is 6. The molecule has 0 spiro atoms. The minimum Gasteiger partial charge on any atom is -0.348 e. The fourth-order valence-corrected chi connectivity index (χ4v) is 4.18. The summed E-state index contributed by atoms with van der Waals surface area (Å²) in [7, 11) is 0. The van der Waals surface area contributed by atoms with Crippen LogP contribution in [-0.4, -0.2) is 45.2 Å². The van der Waals surface area contributed by atoms with Gasteiger partial charge in [0, 0.05) is 17.5 Å². The van der Waals surface area contributed by atoms with E-state index in [-0.39, 0.29) is 11.9 Å². The van der Waals surface area contributed by atoms with Crippen molar-refractivity contribution in [2.24, 2.45) is 0 Å². The van der Waals surface area contributed by atoms with Crippen LogP contribution >= 0.6 is 11.8 Å². The summed E-state index contributed by atoms with van der Waals surface area (Å²) >= 11 is 1.56. The highest BCUT2D eigenvalue weighted by Gasteiger charge is 2.19. The maximum Gasteiger partial charge on any atom is 0.252 e. The molecule has 2 aromatic carbocycles. The van der Waals surface area contributed by atoms with E-state index in [2.05, 4.69) is 26.2 Å². The highest BCUT2D eigenvalue weighted by molar-refractivity contribution is 7.98. The van der Waals surface area contributed by atoms with Crippen LogP contribution in [0.15, 0.2) is 59.5 Å². The first-order valence-corrected chi connectivity index (χ1v) is 10.4. The van der Waals surface area contributed by atoms with Gasteiger partial charge >= 0.3 is 0 Å². The molecule has 144 valence electrons. The summed E-state index contributed by atoms with van der Waals surface area (Å²) in [6.45, 7) is 1.85. The first-order valence-electron chi connectivity index (χ1n) is 9.37. The molecular weight excluding hydrogens is 372 g/mol. The maximum atomic E-state index is 12.8. The fraction of sp³-hybridized carbons (Fsp3) is 0.300. The zero-order valence-corrected chi connectivity index (χ0v) is 16.2. The van der Waals surface area contributed by atoms with Gasteiger partial charge in [-0.25, -0.2) is 0 Å². The Morgan fingerprint density at radius 3 is 2.82 bits per heavy atom. The molecule has 2 heterocycles. The van der Waals surface area contributed by atoms with Crippen molar-refractivity contribution in [3.8, 4) is 5.69 Å². The van der Waals surface area contributed by atoms with Crippen molar-refractivity contribution in [2.75, 3.05) is 13.1 Å². The first-order chi connectivity index (χ1) is 13.8. The number of benzene rings is 2. The smallest absolute Gasteiger partial charge is 0.252 e. The molecule has 8 heteroatoms. The molecule has 1 fully saturated rings. The lowest BCUT2D eigenvalue weighted by molar-refractivity contribution is 0.0927. The van der Waals surface area contributed by atoms with Gasteiger partial charge in [0.05, 0.1) is 17.0 Å². The predicted octanol–water partition coefficient (Wildman–Crippen LogP) is 2.44. The zero-order valence-electron chi connectivity index (χ0n) is 15.4. The molecule has 1 aliphatic heterocycles. The third-order valence-corrected chi connectivity index (χ3v) is 5.72. The van der Waals surface area contributed by atoms with Crippen LogP contribution in [-0.2, 0) is 5.75 Å². The highest BCUT2D eigenvalue weighted by Crippen LogP contribution is 2.26. The van der Waals surface area contributed by atoms with Gasteiger partial charge in [-0.15, -0.1) is 16.9 Å². The molecule has 1 amide bonds. The second kappa shape index (κ2) is 8.99. The predicted molar refractivity (Wildman–Crippen MR) is 109 cm³/mol. The number of amides is 1. The van der Waals surface area contributed by atoms with E-state index in [9.17, 15) is 4.79 Å². The highest BCUT2D eigenvalue weighted by atomic mass is 32.2. The molecule has 1 saturated heterocycles. The number of hydrogen-bond acceptors (Lipinski definition) is 6. The summed E-state index contributed by atoms with van der Waals surface area (Å²) in [6.07, 6.45) is 2.10. The number of piperidine rings is 1. The third kappa shape index (κ3) is 4.40. The Morgan fingerprint density at radius 2 is 2.00 bits per heavy atom. The molecule has 1 atom stereocenters. The molecule has 2 N–H and O–H groups in total. The van der Waals surface area contributed by atoms with Gasteiger partial charge in [0.25, 0.3) is 5.91 Å². The second-order valence-corrected chi connectivity index (χ2v) is 7.66. The standard InChI is InChI=1S/C20H22N6OS/c27-20(22-15-7-6-12-21-13-15)17-10-4-5-11-18(17)28-14-19-23-24-25-26(19)16-8-2-1-3-9-16/h1-5,8-11,15,21H,6-7,12-14H2,(H,22,27). The van der Waals surface area contributed by atoms with Crippen LogP contribution in [0.5, 0.6) is 0 Å². The van der Waals surface area contributed by atoms with E-state index in [4.69, 9.17) is 0 Å². The van der Waals surface area contributed by atoms with Crippen molar-refractivity contribution in [3.05, 3.63) is 66.0 Å². The van der Waals surface area contributed by atoms with Gasteiger partial charge in [-0.3, -0.25) is 4.79 Å². The van der Waals surface area contributed by atoms with Gasteiger partial charge in [0.2, 0.25) is 0 Å². The normalized spacial score (nSPS) is 16.6. The van der Waals surface area contributed by atoms with Crippen LogP contribution in [0.25, 0.3) is 5.69 Å². The lowest BCUT2D eigenvalue weighted by Crippen LogP contribution is -2.45. The number of tetrazole rings is 1. The summed E-state index contributed by atoms with van der Waals surface area (Å²) in [4.78, 5) is 13.7. The number of carbonyl (C=O) groups is 1. The Hall–Kier alpha value is -2.71. The number of nitrogens with one attached hydrogen (secondary N) is 2. The molecule has 28 heavy (non-hydrogen) atoms. The lowest BCUT2D eigenvalue weighted by Gasteiger charge is -2.24. The van der Waals surface area contributed by atoms with Gasteiger partial charge < -0.3 is 10.6 Å². The second-order valence-electron chi connectivity index (χ2n) is 6.64. The molecule has 0 aliphatic carbocycles. The minimum absolute atomic E-state index is 0.0283. The van der Waals surface area contributed by atoms with Gasteiger partial charge in [0.15, 0.2) is 5.82 Å². The van der Waals surface area contributed by atoms with E-state index >= 15 is 0 Å². The van der Waals surface area contributed by atoms with Crippen LogP contribution in [0.3, 0.4) is 0 Å². The number of para-hydroxylation sites is 1. The van der Waals surface area contributed by atoms with E-state index in [0.29, 0.717) is 11.3 Å². The molecule has 0 saturated carbocycles. The van der Waals surface area contributed by atoms with E-state index in [1.807, 2.05) is 54.6 Å². The molecule has 4 rings (SSSR count). The van der Waals surface area contributed by atoms with E-state index < -0.39 is 0 Å². The van der Waals surface area contributed by atoms with Crippen molar-refractivity contribution in [1.82, 2.24) is 30.8 Å². The van der Waals surface area contributed by atoms with Gasteiger partial charge in [-0.05, 0) is 54.1 Å². The third-order valence-electron chi connectivity index (χ3n) is 4.66. The van der Waals surface area contributed by atoms with Crippen molar-refractivity contribution < 1.29 is 4.79 Å². The monoisotopic (exact) mass is 394 g/mol. The number of carbonyl (C=O) groups excluding carboxylic acids is 1. The number of hydrogen-bond donors (Lipinski definition) is 2. The summed E-state index contributed by atoms with van der Waals surface area (Å²) in [6, 6.07) is 17.6. The average molecular weight is 395 g/mol. The Bertz CT molecular complexity index is 923. The van der Waals surface area contributed by atoms with Crippen molar-refractivity contribution in [3.63, 3.8) is 0 Å². The summed E-state index contributed by atoms with van der Waals surface area (Å²) in [5.74, 6) is 1.28. The Morgan fingerprint density at radius 1 is 1.18 bits per heavy atom. The first kappa shape index (κ1) is 18.6. The molecule has 1 unspecified atom stereocenters. The van der Waals surface area contributed by atoms with E-state index in [0.717, 1.165) is 42.3 Å². The van der Waals surface area contributed by atoms with Crippen molar-refractivity contribution in [1.29, 1.82) is 0 Å². The average Bonchev–Trinajstić information content (AvgIpc) is 3.22. The summed E-state index contributed by atoms with van der Waals surface area (Å²) in [5, 5.41) is 18.5. The fourth-order valence-electron chi connectivity index (χ4n) is 3.23. The summed E-state index contributed by atoms with van der Waals surface area (Å²) in [5.41, 5.74) is 1.61. The molecule has 1 aromatic heterocycles. The van der Waals surface area contributed by atoms with Crippen LogP contribution in [0.2, 0.25) is 0 Å². The van der Waals surface area contributed by atoms with E-state index in [1.165, 1.54) is 0 Å². The van der Waals surface area contributed by atoms with Crippen molar-refractivity contribution in [2.45, 2.75) is 29.5 Å². The molecule has 7 nitrogen and oxygen atoms in total. The van der Waals surface area contributed by atoms with Crippen molar-refractivity contribution >= 4 is 17.7 Å². The molecule has 1 aliphatic rings. The molecule has 0 radical (unpaired) electrons.